The molecule has 0 spiro atoms. The first kappa shape index (κ1) is 23.8. The topological polar surface area (TPSA) is 88.8 Å². The van der Waals surface area contributed by atoms with Gasteiger partial charge in [-0.05, 0) is 67.6 Å². The number of esters is 1. The molecule has 8 heteroatoms. The Morgan fingerprint density at radius 3 is 2.47 bits per heavy atom. The summed E-state index contributed by atoms with van der Waals surface area (Å²) in [6, 6.07) is 12.6. The molecule has 1 fully saturated rings. The van der Waals surface area contributed by atoms with Crippen molar-refractivity contribution in [3.05, 3.63) is 76.4 Å². The first-order chi connectivity index (χ1) is 16.6. The summed E-state index contributed by atoms with van der Waals surface area (Å²) in [6.07, 6.45) is 6.64. The normalized spacial score (nSPS) is 14.9. The highest BCUT2D eigenvalue weighted by atomic mass is 32.1. The Morgan fingerprint density at radius 1 is 1.09 bits per heavy atom. The molecule has 0 radical (unpaired) electrons. The summed E-state index contributed by atoms with van der Waals surface area (Å²) in [6.45, 7) is 2.01. The summed E-state index contributed by atoms with van der Waals surface area (Å²) in [5.74, 6) is -0.987. The molecule has 1 aromatic carbocycles. The van der Waals surface area contributed by atoms with Crippen molar-refractivity contribution in [2.75, 3.05) is 11.5 Å². The van der Waals surface area contributed by atoms with Gasteiger partial charge in [0.15, 0.2) is 11.8 Å². The van der Waals surface area contributed by atoms with Gasteiger partial charge in [-0.2, -0.15) is 0 Å². The molecule has 0 saturated heterocycles. The number of ether oxygens (including phenoxy) is 1. The van der Waals surface area contributed by atoms with E-state index < -0.39 is 17.9 Å². The standard InChI is InChI=1S/C26H28N2O5S/c1-2-32-26(31)18-12-14-20(15-13-18)28(25(30)21-10-6-16-33-21)23(22-11-7-17-34-22)24(29)27-19-8-4-3-5-9-19/h6-7,10-17,19,23H,2-5,8-9H2,1H3,(H,27,29)/t23-/m1/s1. The number of furan rings is 1. The molecule has 178 valence electrons. The van der Waals surface area contributed by atoms with E-state index in [0.717, 1.165) is 30.6 Å². The Kier molecular flexibility index (Phi) is 7.80. The average molecular weight is 481 g/mol. The molecule has 0 bridgehead atoms. The lowest BCUT2D eigenvalue weighted by molar-refractivity contribution is -0.123. The van der Waals surface area contributed by atoms with E-state index in [-0.39, 0.29) is 24.3 Å². The Labute approximate surface area is 202 Å². The van der Waals surface area contributed by atoms with Crippen molar-refractivity contribution >= 4 is 34.8 Å². The Hall–Kier alpha value is -3.39. The maximum atomic E-state index is 13.7. The van der Waals surface area contributed by atoms with E-state index in [1.165, 1.54) is 28.9 Å². The van der Waals surface area contributed by atoms with Crippen LogP contribution in [0.2, 0.25) is 0 Å². The first-order valence-electron chi connectivity index (χ1n) is 11.6. The molecule has 4 rings (SSSR count). The first-order valence-corrected chi connectivity index (χ1v) is 12.4. The zero-order valence-electron chi connectivity index (χ0n) is 19.1. The van der Waals surface area contributed by atoms with Crippen molar-refractivity contribution < 1.29 is 23.5 Å². The third kappa shape index (κ3) is 5.39. The van der Waals surface area contributed by atoms with Crippen molar-refractivity contribution in [1.29, 1.82) is 0 Å². The molecule has 2 heterocycles. The van der Waals surface area contributed by atoms with E-state index in [4.69, 9.17) is 9.15 Å². The van der Waals surface area contributed by atoms with Crippen LogP contribution in [0, 0.1) is 0 Å². The summed E-state index contributed by atoms with van der Waals surface area (Å²) in [5, 5.41) is 5.06. The van der Waals surface area contributed by atoms with E-state index in [2.05, 4.69) is 5.32 Å². The molecule has 0 aliphatic heterocycles. The van der Waals surface area contributed by atoms with Crippen LogP contribution in [0.1, 0.15) is 70.9 Å². The molecule has 1 atom stereocenters. The highest BCUT2D eigenvalue weighted by molar-refractivity contribution is 7.10. The van der Waals surface area contributed by atoms with Gasteiger partial charge in [-0.25, -0.2) is 4.79 Å². The minimum atomic E-state index is -0.882. The fourth-order valence-electron chi connectivity index (χ4n) is 4.22. The molecule has 1 aliphatic rings. The number of hydrogen-bond acceptors (Lipinski definition) is 6. The van der Waals surface area contributed by atoms with Crippen molar-refractivity contribution in [2.24, 2.45) is 0 Å². The molecule has 1 N–H and O–H groups in total. The molecule has 7 nitrogen and oxygen atoms in total. The van der Waals surface area contributed by atoms with Crippen LogP contribution in [-0.4, -0.2) is 30.4 Å². The van der Waals surface area contributed by atoms with Gasteiger partial charge in [0.1, 0.15) is 0 Å². The smallest absolute Gasteiger partial charge is 0.338 e. The van der Waals surface area contributed by atoms with Crippen LogP contribution in [0.4, 0.5) is 5.69 Å². The van der Waals surface area contributed by atoms with Crippen molar-refractivity contribution in [1.82, 2.24) is 5.32 Å². The number of benzene rings is 1. The summed E-state index contributed by atoms with van der Waals surface area (Å²) in [4.78, 5) is 41.6. The number of amides is 2. The molecule has 1 saturated carbocycles. The molecule has 1 aliphatic carbocycles. The maximum Gasteiger partial charge on any atom is 0.338 e. The van der Waals surface area contributed by atoms with E-state index in [9.17, 15) is 14.4 Å². The van der Waals surface area contributed by atoms with E-state index in [0.29, 0.717) is 11.3 Å². The molecular weight excluding hydrogens is 452 g/mol. The molecule has 2 amide bonds. The molecule has 34 heavy (non-hydrogen) atoms. The largest absolute Gasteiger partial charge is 0.462 e. The van der Waals surface area contributed by atoms with Gasteiger partial charge in [0.25, 0.3) is 5.91 Å². The van der Waals surface area contributed by atoms with E-state index >= 15 is 0 Å². The second-order valence-corrected chi connectivity index (χ2v) is 9.16. The minimum Gasteiger partial charge on any atom is -0.462 e. The zero-order chi connectivity index (χ0) is 23.9. The summed E-state index contributed by atoms with van der Waals surface area (Å²) < 4.78 is 10.5. The van der Waals surface area contributed by atoms with Crippen LogP contribution in [0.3, 0.4) is 0 Å². The van der Waals surface area contributed by atoms with Gasteiger partial charge >= 0.3 is 5.97 Å². The third-order valence-corrected chi connectivity index (χ3v) is 6.80. The molecule has 0 unspecified atom stereocenters. The lowest BCUT2D eigenvalue weighted by atomic mass is 9.95. The SMILES string of the molecule is CCOC(=O)c1ccc(N(C(=O)c2ccco2)[C@@H](C(=O)NC2CCCCC2)c2cccs2)cc1. The lowest BCUT2D eigenvalue weighted by Crippen LogP contribution is -2.47. The van der Waals surface area contributed by atoms with Gasteiger partial charge < -0.3 is 14.5 Å². The summed E-state index contributed by atoms with van der Waals surface area (Å²) >= 11 is 1.41. The second-order valence-electron chi connectivity index (χ2n) is 8.18. The number of carbonyl (C=O) groups is 3. The fraction of sp³-hybridized carbons (Fsp3) is 0.346. The Bertz CT molecular complexity index is 1090. The van der Waals surface area contributed by atoms with Crippen LogP contribution in [0.15, 0.2) is 64.6 Å². The zero-order valence-corrected chi connectivity index (χ0v) is 19.9. The lowest BCUT2D eigenvalue weighted by Gasteiger charge is -2.32. The monoisotopic (exact) mass is 480 g/mol. The van der Waals surface area contributed by atoms with Crippen LogP contribution >= 0.6 is 11.3 Å². The highest BCUT2D eigenvalue weighted by Crippen LogP contribution is 2.33. The predicted molar refractivity (Wildman–Crippen MR) is 130 cm³/mol. The number of thiophene rings is 1. The quantitative estimate of drug-likeness (QED) is 0.439. The number of rotatable bonds is 8. The third-order valence-electron chi connectivity index (χ3n) is 5.88. The number of hydrogen-bond donors (Lipinski definition) is 1. The van der Waals surface area contributed by atoms with Crippen LogP contribution < -0.4 is 10.2 Å². The summed E-state index contributed by atoms with van der Waals surface area (Å²) in [5.41, 5.74) is 0.849. The molecule has 3 aromatic rings. The number of nitrogens with one attached hydrogen (secondary N) is 1. The number of nitrogens with zero attached hydrogens (tertiary/aromatic N) is 1. The van der Waals surface area contributed by atoms with E-state index in [1.54, 1.807) is 43.3 Å². The van der Waals surface area contributed by atoms with Gasteiger partial charge in [-0.15, -0.1) is 11.3 Å². The number of anilines is 1. The maximum absolute atomic E-state index is 13.7. The highest BCUT2D eigenvalue weighted by Gasteiger charge is 2.36. The van der Waals surface area contributed by atoms with Crippen molar-refractivity contribution in [2.45, 2.75) is 51.1 Å². The van der Waals surface area contributed by atoms with Gasteiger partial charge in [-0.3, -0.25) is 14.5 Å². The second kappa shape index (κ2) is 11.2. The number of carbonyl (C=O) groups excluding carboxylic acids is 3. The van der Waals surface area contributed by atoms with Crippen LogP contribution in [0.25, 0.3) is 0 Å². The van der Waals surface area contributed by atoms with Gasteiger partial charge in [0.2, 0.25) is 5.91 Å². The van der Waals surface area contributed by atoms with Crippen molar-refractivity contribution in [3.63, 3.8) is 0 Å². The molecular formula is C26H28N2O5S. The van der Waals surface area contributed by atoms with Crippen LogP contribution in [0.5, 0.6) is 0 Å². The average Bonchev–Trinajstić information content (AvgIpc) is 3.58. The minimum absolute atomic E-state index is 0.0930. The van der Waals surface area contributed by atoms with E-state index in [1.807, 2.05) is 17.5 Å². The van der Waals surface area contributed by atoms with Crippen LogP contribution in [-0.2, 0) is 9.53 Å². The fourth-order valence-corrected chi connectivity index (χ4v) is 5.04. The summed E-state index contributed by atoms with van der Waals surface area (Å²) in [7, 11) is 0. The van der Waals surface area contributed by atoms with Crippen molar-refractivity contribution in [3.8, 4) is 0 Å². The Morgan fingerprint density at radius 2 is 1.85 bits per heavy atom. The van der Waals surface area contributed by atoms with Gasteiger partial charge in [-0.1, -0.05) is 25.3 Å². The predicted octanol–water partition coefficient (Wildman–Crippen LogP) is 5.35. The van der Waals surface area contributed by atoms with Gasteiger partial charge in [0.05, 0.1) is 18.4 Å². The molecule has 2 aromatic heterocycles. The van der Waals surface area contributed by atoms with Gasteiger partial charge in [0, 0.05) is 16.6 Å². The Balaban J connectivity index is 1.72.